The van der Waals surface area contributed by atoms with Gasteiger partial charge in [-0.05, 0) is 54.7 Å². The molecule has 3 fully saturated rings. The summed E-state index contributed by atoms with van der Waals surface area (Å²) in [6.07, 6.45) is 5.39. The molecule has 0 aromatic heterocycles. The van der Waals surface area contributed by atoms with E-state index >= 15 is 0 Å². The van der Waals surface area contributed by atoms with E-state index in [9.17, 15) is 14.4 Å². The van der Waals surface area contributed by atoms with E-state index in [0.29, 0.717) is 22.5 Å². The normalized spacial score (nSPS) is 36.2. The summed E-state index contributed by atoms with van der Waals surface area (Å²) in [5.41, 5.74) is 1.47. The second kappa shape index (κ2) is 5.43. The Morgan fingerprint density at radius 2 is 1.77 bits per heavy atom. The Hall–Kier alpha value is -2.14. The molecule has 3 amide bonds. The Morgan fingerprint density at radius 1 is 1.15 bits per heavy atom. The smallest absolute Gasteiger partial charge is 0.244 e. The number of amides is 3. The average Bonchev–Trinajstić information content (AvgIpc) is 3.39. The van der Waals surface area contributed by atoms with Gasteiger partial charge in [0.25, 0.3) is 0 Å². The van der Waals surface area contributed by atoms with Gasteiger partial charge in [-0.2, -0.15) is 0 Å². The van der Waals surface area contributed by atoms with Gasteiger partial charge in [0.2, 0.25) is 17.7 Å². The van der Waals surface area contributed by atoms with E-state index in [1.54, 1.807) is 12.1 Å². The van der Waals surface area contributed by atoms with Crippen molar-refractivity contribution in [3.63, 3.8) is 0 Å². The van der Waals surface area contributed by atoms with Crippen molar-refractivity contribution < 1.29 is 14.4 Å². The fourth-order valence-electron chi connectivity index (χ4n) is 5.24. The first-order valence-electron chi connectivity index (χ1n) is 9.05. The van der Waals surface area contributed by atoms with Gasteiger partial charge in [0.05, 0.1) is 11.8 Å². The first-order valence-corrected chi connectivity index (χ1v) is 9.43. The van der Waals surface area contributed by atoms with Crippen molar-refractivity contribution in [3.05, 3.63) is 40.9 Å². The zero-order valence-corrected chi connectivity index (χ0v) is 15.1. The highest BCUT2D eigenvalue weighted by atomic mass is 35.5. The molecule has 26 heavy (non-hydrogen) atoms. The van der Waals surface area contributed by atoms with Crippen LogP contribution >= 0.6 is 11.6 Å². The third-order valence-electron chi connectivity index (χ3n) is 6.53. The highest BCUT2D eigenvalue weighted by molar-refractivity contribution is 6.31. The van der Waals surface area contributed by atoms with Gasteiger partial charge < -0.3 is 5.32 Å². The van der Waals surface area contributed by atoms with Crippen molar-refractivity contribution in [3.8, 4) is 0 Å². The number of imide groups is 1. The highest BCUT2D eigenvalue weighted by Crippen LogP contribution is 2.65. The minimum absolute atomic E-state index is 0.176. The van der Waals surface area contributed by atoms with Crippen molar-refractivity contribution in [2.45, 2.75) is 13.3 Å². The number of aryl methyl sites for hydroxylation is 1. The second-order valence-corrected chi connectivity index (χ2v) is 8.36. The Labute approximate surface area is 156 Å². The molecule has 4 aliphatic carbocycles. The molecule has 2 bridgehead atoms. The van der Waals surface area contributed by atoms with E-state index in [2.05, 4.69) is 17.5 Å². The van der Waals surface area contributed by atoms with Crippen LogP contribution in [0, 0.1) is 42.4 Å². The molecular formula is C20H19ClN2O3. The highest BCUT2D eigenvalue weighted by Gasteiger charge is 2.67. The molecule has 1 aromatic rings. The number of anilines is 1. The van der Waals surface area contributed by atoms with Crippen LogP contribution in [0.4, 0.5) is 5.69 Å². The number of hydrogen-bond acceptors (Lipinski definition) is 3. The predicted molar refractivity (Wildman–Crippen MR) is 96.2 cm³/mol. The number of allylic oxidation sites excluding steroid dienone is 2. The maximum Gasteiger partial charge on any atom is 0.244 e. The molecule has 5 aliphatic rings. The molecule has 0 radical (unpaired) electrons. The van der Waals surface area contributed by atoms with E-state index in [-0.39, 0.29) is 47.9 Å². The van der Waals surface area contributed by atoms with Crippen molar-refractivity contribution >= 4 is 35.0 Å². The summed E-state index contributed by atoms with van der Waals surface area (Å²) in [5.74, 6) is 0.219. The minimum atomic E-state index is -0.374. The number of halogens is 1. The van der Waals surface area contributed by atoms with E-state index in [1.165, 1.54) is 4.90 Å². The molecule has 134 valence electrons. The molecule has 2 saturated carbocycles. The van der Waals surface area contributed by atoms with Crippen LogP contribution in [0.3, 0.4) is 0 Å². The molecule has 6 rings (SSSR count). The lowest BCUT2D eigenvalue weighted by Gasteiger charge is -2.37. The third kappa shape index (κ3) is 2.19. The Morgan fingerprint density at radius 3 is 2.38 bits per heavy atom. The van der Waals surface area contributed by atoms with Gasteiger partial charge in [-0.3, -0.25) is 19.3 Å². The lowest BCUT2D eigenvalue weighted by Crippen LogP contribution is -2.40. The van der Waals surface area contributed by atoms with Gasteiger partial charge in [0, 0.05) is 10.7 Å². The number of carbonyl (C=O) groups is 3. The lowest BCUT2D eigenvalue weighted by atomic mass is 9.63. The summed E-state index contributed by atoms with van der Waals surface area (Å²) in [6, 6.07) is 5.23. The Balaban J connectivity index is 1.34. The summed E-state index contributed by atoms with van der Waals surface area (Å²) in [4.78, 5) is 39.4. The van der Waals surface area contributed by atoms with Gasteiger partial charge in [-0.15, -0.1) is 0 Å². The van der Waals surface area contributed by atoms with Crippen LogP contribution in [-0.4, -0.2) is 29.2 Å². The number of rotatable bonds is 3. The van der Waals surface area contributed by atoms with Gasteiger partial charge in [-0.1, -0.05) is 29.8 Å². The second-order valence-electron chi connectivity index (χ2n) is 7.92. The van der Waals surface area contributed by atoms with Crippen LogP contribution in [0.2, 0.25) is 5.02 Å². The van der Waals surface area contributed by atoms with Crippen LogP contribution in [0.1, 0.15) is 12.0 Å². The molecule has 5 nitrogen and oxygen atoms in total. The zero-order chi connectivity index (χ0) is 18.2. The van der Waals surface area contributed by atoms with Crippen LogP contribution in [0.15, 0.2) is 30.4 Å². The SMILES string of the molecule is Cc1ccc(Cl)cc1NC(=O)CN1C(=O)[C@@H]2[C@H]3C=C[C@@H]([C@@H]4C[C@@H]34)[C@@H]2C1=O. The molecular weight excluding hydrogens is 352 g/mol. The summed E-state index contributed by atoms with van der Waals surface area (Å²) >= 11 is 5.98. The van der Waals surface area contributed by atoms with Crippen molar-refractivity contribution in [1.29, 1.82) is 0 Å². The molecule has 1 aromatic carbocycles. The maximum atomic E-state index is 12.9. The number of benzene rings is 1. The summed E-state index contributed by atoms with van der Waals surface area (Å²) in [7, 11) is 0. The first kappa shape index (κ1) is 16.1. The molecule has 1 heterocycles. The van der Waals surface area contributed by atoms with Crippen molar-refractivity contribution in [2.75, 3.05) is 11.9 Å². The van der Waals surface area contributed by atoms with E-state index in [1.807, 2.05) is 13.0 Å². The van der Waals surface area contributed by atoms with Gasteiger partial charge in [-0.25, -0.2) is 0 Å². The van der Waals surface area contributed by atoms with Gasteiger partial charge in [0.15, 0.2) is 0 Å². The number of likely N-dealkylation sites (tertiary alicyclic amines) is 1. The molecule has 1 saturated heterocycles. The number of hydrogen-bond donors (Lipinski definition) is 1. The molecule has 6 atom stereocenters. The van der Waals surface area contributed by atoms with Crippen molar-refractivity contribution in [1.82, 2.24) is 4.90 Å². The van der Waals surface area contributed by atoms with Crippen LogP contribution in [-0.2, 0) is 14.4 Å². The third-order valence-corrected chi connectivity index (χ3v) is 6.76. The zero-order valence-electron chi connectivity index (χ0n) is 14.3. The van der Waals surface area contributed by atoms with E-state index < -0.39 is 0 Å². The fraction of sp³-hybridized carbons (Fsp3) is 0.450. The minimum Gasteiger partial charge on any atom is -0.324 e. The van der Waals surface area contributed by atoms with Crippen molar-refractivity contribution in [2.24, 2.45) is 35.5 Å². The summed E-state index contributed by atoms with van der Waals surface area (Å²) in [6.45, 7) is 1.63. The van der Waals surface area contributed by atoms with E-state index in [0.717, 1.165) is 12.0 Å². The standard InChI is InChI=1S/C20H19ClN2O3/c1-9-2-3-10(21)6-15(9)22-16(24)8-23-19(25)17-11-4-5-12(14-7-13(11)14)18(17)20(23)26/h2-6,11-14,17-18H,7-8H2,1H3,(H,22,24)/t11-,12-,13-,14-,17-,18+/m0/s1. The first-order chi connectivity index (χ1) is 12.5. The Kier molecular flexibility index (Phi) is 3.35. The van der Waals surface area contributed by atoms with Crippen LogP contribution < -0.4 is 5.32 Å². The van der Waals surface area contributed by atoms with Crippen LogP contribution in [0.5, 0.6) is 0 Å². The largest absolute Gasteiger partial charge is 0.324 e. The molecule has 0 unspecified atom stereocenters. The van der Waals surface area contributed by atoms with Gasteiger partial charge >= 0.3 is 0 Å². The molecule has 1 aliphatic heterocycles. The Bertz CT molecular complexity index is 844. The van der Waals surface area contributed by atoms with E-state index in [4.69, 9.17) is 11.6 Å². The van der Waals surface area contributed by atoms with Gasteiger partial charge in [0.1, 0.15) is 6.54 Å². The van der Waals surface area contributed by atoms with Crippen LogP contribution in [0.25, 0.3) is 0 Å². The predicted octanol–water partition coefficient (Wildman–Crippen LogP) is 2.64. The summed E-state index contributed by atoms with van der Waals surface area (Å²) in [5, 5.41) is 3.29. The lowest BCUT2D eigenvalue weighted by molar-refractivity contribution is -0.142. The number of nitrogens with one attached hydrogen (secondary N) is 1. The molecule has 1 N–H and O–H groups in total. The number of carbonyl (C=O) groups excluding carboxylic acids is 3. The maximum absolute atomic E-state index is 12.9. The number of nitrogens with zero attached hydrogens (tertiary/aromatic N) is 1. The quantitative estimate of drug-likeness (QED) is 0.657. The average molecular weight is 371 g/mol. The fourth-order valence-corrected chi connectivity index (χ4v) is 5.41. The molecule has 6 heteroatoms. The molecule has 0 spiro atoms. The summed E-state index contributed by atoms with van der Waals surface area (Å²) < 4.78 is 0. The topological polar surface area (TPSA) is 66.5 Å². The monoisotopic (exact) mass is 370 g/mol.